The molecular formula is C11H22ClNO. The molecule has 0 amide bonds. The van der Waals surface area contributed by atoms with Crippen molar-refractivity contribution < 1.29 is 4.74 Å². The lowest BCUT2D eigenvalue weighted by Crippen LogP contribution is -2.33. The zero-order valence-corrected chi connectivity index (χ0v) is 9.93. The Labute approximate surface area is 92.6 Å². The lowest BCUT2D eigenvalue weighted by atomic mass is 10.00. The first-order chi connectivity index (χ1) is 6.86. The normalized spacial score (nSPS) is 19.1. The largest absolute Gasteiger partial charge is 0.381 e. The molecule has 0 unspecified atom stereocenters. The third-order valence-corrected chi connectivity index (χ3v) is 3.18. The van der Waals surface area contributed by atoms with Crippen molar-refractivity contribution in [2.75, 3.05) is 38.7 Å². The van der Waals surface area contributed by atoms with Crippen LogP contribution < -0.4 is 0 Å². The molecule has 0 bridgehead atoms. The van der Waals surface area contributed by atoms with Gasteiger partial charge in [0.05, 0.1) is 0 Å². The average Bonchev–Trinajstić information content (AvgIpc) is 2.25. The Bertz CT molecular complexity index is 137. The van der Waals surface area contributed by atoms with E-state index in [1.165, 1.54) is 19.4 Å². The van der Waals surface area contributed by atoms with Crippen LogP contribution in [-0.4, -0.2) is 43.6 Å². The highest BCUT2D eigenvalue weighted by atomic mass is 35.5. The van der Waals surface area contributed by atoms with Gasteiger partial charge in [-0.3, -0.25) is 0 Å². The lowest BCUT2D eigenvalue weighted by molar-refractivity contribution is 0.0532. The minimum absolute atomic E-state index is 0.782. The fraction of sp³-hybridized carbons (Fsp3) is 1.00. The molecule has 1 aliphatic heterocycles. The second-order valence-electron chi connectivity index (χ2n) is 3.99. The Balaban J connectivity index is 2.16. The van der Waals surface area contributed by atoms with E-state index in [2.05, 4.69) is 11.8 Å². The fourth-order valence-corrected chi connectivity index (χ4v) is 2.08. The quantitative estimate of drug-likeness (QED) is 0.636. The van der Waals surface area contributed by atoms with Gasteiger partial charge in [0.15, 0.2) is 0 Å². The maximum atomic E-state index is 5.70. The minimum atomic E-state index is 0.782. The number of ether oxygens (including phenoxy) is 1. The smallest absolute Gasteiger partial charge is 0.0469 e. The van der Waals surface area contributed by atoms with E-state index in [4.69, 9.17) is 16.3 Å². The Morgan fingerprint density at radius 1 is 1.36 bits per heavy atom. The molecule has 0 saturated carbocycles. The van der Waals surface area contributed by atoms with Gasteiger partial charge in [-0.05, 0) is 38.3 Å². The molecule has 84 valence electrons. The molecule has 1 aliphatic rings. The van der Waals surface area contributed by atoms with Gasteiger partial charge in [0.25, 0.3) is 0 Å². The Kier molecular flexibility index (Phi) is 6.57. The molecule has 14 heavy (non-hydrogen) atoms. The van der Waals surface area contributed by atoms with E-state index in [0.717, 1.165) is 44.5 Å². The summed E-state index contributed by atoms with van der Waals surface area (Å²) < 4.78 is 5.36. The summed E-state index contributed by atoms with van der Waals surface area (Å²) in [4.78, 5) is 2.51. The van der Waals surface area contributed by atoms with Crippen LogP contribution in [0.3, 0.4) is 0 Å². The monoisotopic (exact) mass is 219 g/mol. The zero-order chi connectivity index (χ0) is 10.2. The number of nitrogens with zero attached hydrogens (tertiary/aromatic N) is 1. The van der Waals surface area contributed by atoms with Crippen LogP contribution >= 0.6 is 11.6 Å². The molecule has 0 atom stereocenters. The van der Waals surface area contributed by atoms with Gasteiger partial charge >= 0.3 is 0 Å². The van der Waals surface area contributed by atoms with E-state index in [1.54, 1.807) is 0 Å². The Morgan fingerprint density at radius 3 is 2.64 bits per heavy atom. The fourth-order valence-electron chi connectivity index (χ4n) is 1.96. The summed E-state index contributed by atoms with van der Waals surface area (Å²) in [7, 11) is 0. The van der Waals surface area contributed by atoms with Crippen LogP contribution in [0.25, 0.3) is 0 Å². The summed E-state index contributed by atoms with van der Waals surface area (Å²) in [5.74, 6) is 1.63. The molecule has 1 fully saturated rings. The molecule has 0 radical (unpaired) electrons. The summed E-state index contributed by atoms with van der Waals surface area (Å²) >= 11 is 5.70. The predicted molar refractivity (Wildman–Crippen MR) is 61.0 cm³/mol. The average molecular weight is 220 g/mol. The highest BCUT2D eigenvalue weighted by Crippen LogP contribution is 2.16. The van der Waals surface area contributed by atoms with Crippen LogP contribution in [0.4, 0.5) is 0 Å². The van der Waals surface area contributed by atoms with E-state index >= 15 is 0 Å². The van der Waals surface area contributed by atoms with Crippen molar-refractivity contribution in [3.05, 3.63) is 0 Å². The van der Waals surface area contributed by atoms with Crippen molar-refractivity contribution in [1.82, 2.24) is 4.90 Å². The summed E-state index contributed by atoms with van der Waals surface area (Å²) in [5, 5.41) is 0. The van der Waals surface area contributed by atoms with Crippen molar-refractivity contribution in [3.63, 3.8) is 0 Å². The predicted octanol–water partition coefficient (Wildman–Crippen LogP) is 2.36. The van der Waals surface area contributed by atoms with Gasteiger partial charge in [0, 0.05) is 25.6 Å². The van der Waals surface area contributed by atoms with Crippen LogP contribution in [-0.2, 0) is 4.74 Å². The number of halogens is 1. The number of alkyl halides is 1. The van der Waals surface area contributed by atoms with Gasteiger partial charge in [-0.25, -0.2) is 0 Å². The van der Waals surface area contributed by atoms with E-state index in [0.29, 0.717) is 0 Å². The molecule has 1 rings (SSSR count). The second-order valence-corrected chi connectivity index (χ2v) is 4.37. The summed E-state index contributed by atoms with van der Waals surface area (Å²) in [5.41, 5.74) is 0. The molecule has 0 N–H and O–H groups in total. The van der Waals surface area contributed by atoms with Gasteiger partial charge in [-0.2, -0.15) is 0 Å². The van der Waals surface area contributed by atoms with Crippen LogP contribution in [0, 0.1) is 5.92 Å². The van der Waals surface area contributed by atoms with E-state index in [-0.39, 0.29) is 0 Å². The number of rotatable bonds is 6. The van der Waals surface area contributed by atoms with Crippen LogP contribution in [0.1, 0.15) is 26.2 Å². The first kappa shape index (κ1) is 12.3. The highest BCUT2D eigenvalue weighted by Gasteiger charge is 2.16. The van der Waals surface area contributed by atoms with Gasteiger partial charge in [0.2, 0.25) is 0 Å². The van der Waals surface area contributed by atoms with Gasteiger partial charge < -0.3 is 9.64 Å². The van der Waals surface area contributed by atoms with Crippen molar-refractivity contribution in [3.8, 4) is 0 Å². The van der Waals surface area contributed by atoms with Crippen molar-refractivity contribution >= 4 is 11.6 Å². The maximum Gasteiger partial charge on any atom is 0.0469 e. The molecule has 1 saturated heterocycles. The van der Waals surface area contributed by atoms with E-state index in [1.807, 2.05) is 0 Å². The lowest BCUT2D eigenvalue weighted by Gasteiger charge is -2.28. The second kappa shape index (κ2) is 7.49. The molecule has 2 nitrogen and oxygen atoms in total. The standard InChI is InChI=1S/C11H22ClNO/c1-2-13(7-3-6-12)10-11-4-8-14-9-5-11/h11H,2-10H2,1H3. The highest BCUT2D eigenvalue weighted by molar-refractivity contribution is 6.17. The van der Waals surface area contributed by atoms with Gasteiger partial charge in [-0.15, -0.1) is 11.6 Å². The SMILES string of the molecule is CCN(CCCCl)CC1CCOCC1. The van der Waals surface area contributed by atoms with Crippen LogP contribution in [0.5, 0.6) is 0 Å². The minimum Gasteiger partial charge on any atom is -0.381 e. The molecule has 1 heterocycles. The first-order valence-electron chi connectivity index (χ1n) is 5.73. The summed E-state index contributed by atoms with van der Waals surface area (Å²) in [6, 6.07) is 0. The molecule has 0 aliphatic carbocycles. The molecule has 0 aromatic carbocycles. The molecule has 3 heteroatoms. The molecule has 0 spiro atoms. The van der Waals surface area contributed by atoms with Crippen molar-refractivity contribution in [1.29, 1.82) is 0 Å². The number of hydrogen-bond acceptors (Lipinski definition) is 2. The van der Waals surface area contributed by atoms with Crippen LogP contribution in [0.15, 0.2) is 0 Å². The molecule has 0 aromatic rings. The molecular weight excluding hydrogens is 198 g/mol. The van der Waals surface area contributed by atoms with Crippen molar-refractivity contribution in [2.24, 2.45) is 5.92 Å². The summed E-state index contributed by atoms with van der Waals surface area (Å²) in [6.45, 7) is 7.67. The summed E-state index contributed by atoms with van der Waals surface area (Å²) in [6.07, 6.45) is 3.58. The van der Waals surface area contributed by atoms with E-state index < -0.39 is 0 Å². The number of hydrogen-bond donors (Lipinski definition) is 0. The Hall–Kier alpha value is 0.210. The zero-order valence-electron chi connectivity index (χ0n) is 9.17. The first-order valence-corrected chi connectivity index (χ1v) is 6.26. The topological polar surface area (TPSA) is 12.5 Å². The Morgan fingerprint density at radius 2 is 2.07 bits per heavy atom. The van der Waals surface area contributed by atoms with Crippen LogP contribution in [0.2, 0.25) is 0 Å². The maximum absolute atomic E-state index is 5.70. The van der Waals surface area contributed by atoms with E-state index in [9.17, 15) is 0 Å². The molecule has 0 aromatic heterocycles. The van der Waals surface area contributed by atoms with Crippen molar-refractivity contribution in [2.45, 2.75) is 26.2 Å². The third-order valence-electron chi connectivity index (χ3n) is 2.91. The third kappa shape index (κ3) is 4.63. The van der Waals surface area contributed by atoms with Gasteiger partial charge in [-0.1, -0.05) is 6.92 Å². The van der Waals surface area contributed by atoms with Gasteiger partial charge in [0.1, 0.15) is 0 Å².